The van der Waals surface area contributed by atoms with Crippen LogP contribution in [0.15, 0.2) is 36.4 Å². The molecule has 0 unspecified atom stereocenters. The van der Waals surface area contributed by atoms with Crippen molar-refractivity contribution in [3.8, 4) is 0 Å². The van der Waals surface area contributed by atoms with Gasteiger partial charge in [0.25, 0.3) is 0 Å². The minimum absolute atomic E-state index is 0.0103. The van der Waals surface area contributed by atoms with Gasteiger partial charge in [0.2, 0.25) is 5.91 Å². The largest absolute Gasteiger partial charge is 0.481 e. The van der Waals surface area contributed by atoms with Gasteiger partial charge in [-0.1, -0.05) is 30.4 Å². The second-order valence-corrected chi connectivity index (χ2v) is 8.13. The Morgan fingerprint density at radius 2 is 1.79 bits per heavy atom. The molecule has 0 spiro atoms. The molecule has 0 radical (unpaired) electrons. The topological polar surface area (TPSA) is 73.4 Å². The maximum atomic E-state index is 14.1. The Balaban J connectivity index is 1.57. The normalized spacial score (nSPS) is 30.7. The minimum atomic E-state index is -4.67. The molecular formula is C21H19F3N2O3. The molecule has 2 N–H and O–H groups in total. The average molecular weight is 404 g/mol. The predicted octanol–water partition coefficient (Wildman–Crippen LogP) is 3.68. The molecular weight excluding hydrogens is 385 g/mol. The molecule has 2 aliphatic carbocycles. The van der Waals surface area contributed by atoms with Crippen LogP contribution in [0.5, 0.6) is 0 Å². The predicted molar refractivity (Wildman–Crippen MR) is 97.9 cm³/mol. The lowest BCUT2D eigenvalue weighted by atomic mass is 9.81. The number of aliphatic carboxylic acids is 1. The molecule has 5 atom stereocenters. The molecule has 1 aliphatic heterocycles. The van der Waals surface area contributed by atoms with Crippen molar-refractivity contribution < 1.29 is 27.9 Å². The van der Waals surface area contributed by atoms with Crippen LogP contribution in [-0.2, 0) is 16.0 Å². The summed E-state index contributed by atoms with van der Waals surface area (Å²) in [5.74, 6) is -4.34. The first-order valence-corrected chi connectivity index (χ1v) is 9.65. The van der Waals surface area contributed by atoms with Crippen LogP contribution in [0.3, 0.4) is 0 Å². The number of allylic oxidation sites excluding steroid dienone is 2. The van der Waals surface area contributed by atoms with E-state index in [1.165, 1.54) is 0 Å². The van der Waals surface area contributed by atoms with Crippen molar-refractivity contribution >= 4 is 22.8 Å². The standard InChI is InChI=1S/C21H19F3N2O3/c22-21(23,24)18-17-13(12-3-1-2-4-14(12)25-17)7-8-26(18)19(27)15-10-5-6-11(9-10)16(15)20(28)29/h1-6,10-11,15-16,18,25H,7-9H2,(H,28,29)/t10-,11-,15-,16+,18+/m0/s1. The van der Waals surface area contributed by atoms with Gasteiger partial charge in [-0.25, -0.2) is 0 Å². The summed E-state index contributed by atoms with van der Waals surface area (Å²) in [7, 11) is 0. The number of nitrogens with one attached hydrogen (secondary N) is 1. The maximum Gasteiger partial charge on any atom is 0.414 e. The van der Waals surface area contributed by atoms with E-state index in [4.69, 9.17) is 0 Å². The average Bonchev–Trinajstić information content (AvgIpc) is 3.37. The summed E-state index contributed by atoms with van der Waals surface area (Å²) in [6, 6.07) is 4.92. The number of aromatic amines is 1. The lowest BCUT2D eigenvalue weighted by Gasteiger charge is -2.39. The van der Waals surface area contributed by atoms with Gasteiger partial charge >= 0.3 is 12.1 Å². The van der Waals surface area contributed by atoms with Crippen molar-refractivity contribution in [2.24, 2.45) is 23.7 Å². The first-order valence-electron chi connectivity index (χ1n) is 9.65. The molecule has 5 nitrogen and oxygen atoms in total. The maximum absolute atomic E-state index is 14.1. The molecule has 8 heteroatoms. The van der Waals surface area contributed by atoms with Crippen LogP contribution in [-0.4, -0.2) is 39.6 Å². The highest BCUT2D eigenvalue weighted by Gasteiger charge is 2.57. The Morgan fingerprint density at radius 1 is 1.10 bits per heavy atom. The molecule has 1 aromatic carbocycles. The highest BCUT2D eigenvalue weighted by Crippen LogP contribution is 2.51. The summed E-state index contributed by atoms with van der Waals surface area (Å²) in [5.41, 5.74) is 1.17. The van der Waals surface area contributed by atoms with Crippen LogP contribution in [0, 0.1) is 23.7 Å². The number of hydrogen-bond donors (Lipinski definition) is 2. The summed E-state index contributed by atoms with van der Waals surface area (Å²) in [4.78, 5) is 28.8. The smallest absolute Gasteiger partial charge is 0.414 e. The summed E-state index contributed by atoms with van der Waals surface area (Å²) in [5, 5.41) is 10.3. The van der Waals surface area contributed by atoms with E-state index in [1.54, 1.807) is 36.4 Å². The number of halogens is 3. The minimum Gasteiger partial charge on any atom is -0.481 e. The number of nitrogens with zero attached hydrogens (tertiary/aromatic N) is 1. The molecule has 2 aromatic rings. The number of para-hydroxylation sites is 1. The van der Waals surface area contributed by atoms with Crippen LogP contribution >= 0.6 is 0 Å². The van der Waals surface area contributed by atoms with Crippen molar-refractivity contribution in [3.05, 3.63) is 47.7 Å². The third-order valence-corrected chi connectivity index (χ3v) is 6.66. The number of benzene rings is 1. The number of alkyl halides is 3. The van der Waals surface area contributed by atoms with Gasteiger partial charge in [0.1, 0.15) is 0 Å². The number of hydrogen-bond acceptors (Lipinski definition) is 2. The van der Waals surface area contributed by atoms with Crippen molar-refractivity contribution in [1.82, 2.24) is 9.88 Å². The lowest BCUT2D eigenvalue weighted by molar-refractivity contribution is -0.197. The van der Waals surface area contributed by atoms with Crippen LogP contribution < -0.4 is 0 Å². The first-order chi connectivity index (χ1) is 13.8. The Hall–Kier alpha value is -2.77. The van der Waals surface area contributed by atoms with E-state index in [9.17, 15) is 27.9 Å². The first kappa shape index (κ1) is 18.3. The van der Waals surface area contributed by atoms with E-state index in [1.807, 2.05) is 0 Å². The van der Waals surface area contributed by atoms with Gasteiger partial charge in [-0.05, 0) is 36.3 Å². The summed E-state index contributed by atoms with van der Waals surface area (Å²) in [6.07, 6.45) is -0.298. The van der Waals surface area contributed by atoms with E-state index < -0.39 is 35.9 Å². The Kier molecular flexibility index (Phi) is 3.85. The summed E-state index contributed by atoms with van der Waals surface area (Å²) in [6.45, 7) is -0.0815. The van der Waals surface area contributed by atoms with Crippen LogP contribution in [0.4, 0.5) is 13.2 Å². The number of fused-ring (bicyclic) bond motifs is 5. The van der Waals surface area contributed by atoms with Gasteiger partial charge in [-0.3, -0.25) is 9.59 Å². The van der Waals surface area contributed by atoms with E-state index in [0.717, 1.165) is 10.3 Å². The highest BCUT2D eigenvalue weighted by molar-refractivity contribution is 5.89. The number of amides is 1. The van der Waals surface area contributed by atoms with E-state index in [0.29, 0.717) is 23.9 Å². The SMILES string of the molecule is O=C(O)[C@H]1[C@@H](C(=O)N2CCc3c([nH]c4ccccc34)[C@@H]2C(F)(F)F)[C@H]2C=C[C@H]1C2. The van der Waals surface area contributed by atoms with E-state index >= 15 is 0 Å². The number of H-pyrrole nitrogens is 1. The van der Waals surface area contributed by atoms with E-state index in [-0.39, 0.29) is 24.1 Å². The second-order valence-electron chi connectivity index (χ2n) is 8.13. The van der Waals surface area contributed by atoms with Crippen molar-refractivity contribution in [2.75, 3.05) is 6.54 Å². The Bertz CT molecular complexity index is 1040. The Morgan fingerprint density at radius 3 is 2.48 bits per heavy atom. The fraction of sp³-hybridized carbons (Fsp3) is 0.429. The summed E-state index contributed by atoms with van der Waals surface area (Å²) < 4.78 is 42.4. The van der Waals surface area contributed by atoms with Gasteiger partial charge < -0.3 is 15.0 Å². The quantitative estimate of drug-likeness (QED) is 0.750. The van der Waals surface area contributed by atoms with Crippen molar-refractivity contribution in [2.45, 2.75) is 25.1 Å². The second kappa shape index (κ2) is 6.11. The summed E-state index contributed by atoms with van der Waals surface area (Å²) >= 11 is 0. The molecule has 1 amide bonds. The number of rotatable bonds is 2. The van der Waals surface area contributed by atoms with Crippen LogP contribution in [0.25, 0.3) is 10.9 Å². The molecule has 1 fully saturated rings. The van der Waals surface area contributed by atoms with Crippen molar-refractivity contribution in [1.29, 1.82) is 0 Å². The fourth-order valence-electron chi connectivity index (χ4n) is 5.51. The zero-order chi connectivity index (χ0) is 20.5. The highest BCUT2D eigenvalue weighted by atomic mass is 19.4. The fourth-order valence-corrected chi connectivity index (χ4v) is 5.51. The molecule has 1 aromatic heterocycles. The molecule has 0 saturated heterocycles. The number of carboxylic acids is 1. The molecule has 5 rings (SSSR count). The molecule has 29 heavy (non-hydrogen) atoms. The zero-order valence-electron chi connectivity index (χ0n) is 15.3. The molecule has 2 heterocycles. The molecule has 3 aliphatic rings. The van der Waals surface area contributed by atoms with Gasteiger partial charge in [-0.2, -0.15) is 13.2 Å². The third-order valence-electron chi connectivity index (χ3n) is 6.66. The number of aromatic nitrogens is 1. The van der Waals surface area contributed by atoms with Gasteiger partial charge in [0.15, 0.2) is 6.04 Å². The molecule has 152 valence electrons. The Labute approximate surface area is 164 Å². The van der Waals surface area contributed by atoms with Gasteiger partial charge in [0, 0.05) is 17.4 Å². The van der Waals surface area contributed by atoms with Crippen LogP contribution in [0.2, 0.25) is 0 Å². The van der Waals surface area contributed by atoms with Gasteiger partial charge in [-0.15, -0.1) is 0 Å². The number of carboxylic acid groups (broad SMARTS) is 1. The van der Waals surface area contributed by atoms with Crippen LogP contribution in [0.1, 0.15) is 23.7 Å². The monoisotopic (exact) mass is 404 g/mol. The third kappa shape index (κ3) is 2.61. The molecule has 1 saturated carbocycles. The number of carbonyl (C=O) groups excluding carboxylic acids is 1. The zero-order valence-corrected chi connectivity index (χ0v) is 15.3. The van der Waals surface area contributed by atoms with Crippen molar-refractivity contribution in [3.63, 3.8) is 0 Å². The molecule has 2 bridgehead atoms. The van der Waals surface area contributed by atoms with Gasteiger partial charge in [0.05, 0.1) is 17.5 Å². The van der Waals surface area contributed by atoms with E-state index in [2.05, 4.69) is 4.98 Å². The lowest BCUT2D eigenvalue weighted by Crippen LogP contribution is -2.51. The number of carbonyl (C=O) groups is 2.